The van der Waals surface area contributed by atoms with E-state index in [1.807, 2.05) is 18.0 Å². The number of aromatic nitrogens is 1. The molecule has 0 bridgehead atoms. The van der Waals surface area contributed by atoms with E-state index in [-0.39, 0.29) is 0 Å². The smallest absolute Gasteiger partial charge is 0.410 e. The number of para-hydroxylation sites is 1. The molecule has 0 atom stereocenters. The van der Waals surface area contributed by atoms with Gasteiger partial charge in [-0.15, -0.1) is 0 Å². The van der Waals surface area contributed by atoms with Crippen molar-refractivity contribution in [2.45, 2.75) is 12.6 Å². The molecule has 1 amide bonds. The third-order valence-electron chi connectivity index (χ3n) is 5.05. The highest BCUT2D eigenvalue weighted by Gasteiger charge is 2.31. The summed E-state index contributed by atoms with van der Waals surface area (Å²) in [6, 6.07) is 17.1. The molecule has 0 saturated heterocycles. The molecule has 1 aromatic heterocycles. The standard InChI is InChI=1S/C23H20F3N3O2/c1-28-13-6-14-29(22(30)31-18-9-3-2-4-10-18)21-20(28)12-11-19(27-21)16-7-5-8-17(15-16)23(24,25)26/h2-5,7-12,15H,6,13-14H2,1H3. The van der Waals surface area contributed by atoms with Crippen LogP contribution in [0.15, 0.2) is 66.7 Å². The summed E-state index contributed by atoms with van der Waals surface area (Å²) in [6.07, 6.45) is -4.35. The molecule has 0 saturated carbocycles. The van der Waals surface area contributed by atoms with Crippen molar-refractivity contribution in [2.24, 2.45) is 0 Å². The van der Waals surface area contributed by atoms with E-state index in [4.69, 9.17) is 4.74 Å². The minimum Gasteiger partial charge on any atom is -0.410 e. The van der Waals surface area contributed by atoms with E-state index in [0.29, 0.717) is 48.0 Å². The largest absolute Gasteiger partial charge is 0.421 e. The third kappa shape index (κ3) is 4.47. The third-order valence-corrected chi connectivity index (χ3v) is 5.05. The molecule has 0 N–H and O–H groups in total. The number of carbonyl (C=O) groups excluding carboxylic acids is 1. The number of benzene rings is 2. The highest BCUT2D eigenvalue weighted by molar-refractivity contribution is 5.93. The molecule has 0 aliphatic carbocycles. The van der Waals surface area contributed by atoms with Gasteiger partial charge in [-0.2, -0.15) is 13.2 Å². The van der Waals surface area contributed by atoms with Crippen LogP contribution < -0.4 is 14.5 Å². The number of hydrogen-bond donors (Lipinski definition) is 0. The van der Waals surface area contributed by atoms with Crippen molar-refractivity contribution >= 4 is 17.6 Å². The monoisotopic (exact) mass is 427 g/mol. The van der Waals surface area contributed by atoms with Crippen molar-refractivity contribution in [3.05, 3.63) is 72.3 Å². The van der Waals surface area contributed by atoms with Gasteiger partial charge in [0, 0.05) is 25.7 Å². The van der Waals surface area contributed by atoms with Gasteiger partial charge in [-0.25, -0.2) is 9.78 Å². The van der Waals surface area contributed by atoms with E-state index in [1.165, 1.54) is 11.0 Å². The highest BCUT2D eigenvalue weighted by atomic mass is 19.4. The first kappa shape index (κ1) is 20.7. The second kappa shape index (κ2) is 8.29. The molecule has 0 radical (unpaired) electrons. The van der Waals surface area contributed by atoms with E-state index in [0.717, 1.165) is 12.1 Å². The molecule has 2 aromatic carbocycles. The second-order valence-corrected chi connectivity index (χ2v) is 7.23. The number of ether oxygens (including phenoxy) is 1. The second-order valence-electron chi connectivity index (χ2n) is 7.23. The van der Waals surface area contributed by atoms with Crippen LogP contribution in [0, 0.1) is 0 Å². The van der Waals surface area contributed by atoms with E-state index >= 15 is 0 Å². The number of fused-ring (bicyclic) bond motifs is 1. The summed E-state index contributed by atoms with van der Waals surface area (Å²) in [4.78, 5) is 20.9. The predicted octanol–water partition coefficient (Wildman–Crippen LogP) is 5.61. The lowest BCUT2D eigenvalue weighted by molar-refractivity contribution is -0.137. The van der Waals surface area contributed by atoms with E-state index < -0.39 is 17.8 Å². The van der Waals surface area contributed by atoms with Crippen LogP contribution in [-0.4, -0.2) is 31.2 Å². The Bertz CT molecular complexity index is 1090. The van der Waals surface area contributed by atoms with Crippen molar-refractivity contribution in [1.29, 1.82) is 0 Å². The molecule has 2 heterocycles. The Morgan fingerprint density at radius 1 is 1.00 bits per heavy atom. The molecule has 1 aliphatic rings. The van der Waals surface area contributed by atoms with Crippen molar-refractivity contribution in [2.75, 3.05) is 29.9 Å². The summed E-state index contributed by atoms with van der Waals surface area (Å²) in [5.41, 5.74) is 0.621. The maximum Gasteiger partial charge on any atom is 0.421 e. The van der Waals surface area contributed by atoms with Crippen LogP contribution in [-0.2, 0) is 6.18 Å². The maximum atomic E-state index is 13.1. The van der Waals surface area contributed by atoms with Gasteiger partial charge in [0.2, 0.25) is 0 Å². The van der Waals surface area contributed by atoms with E-state index in [1.54, 1.807) is 42.5 Å². The van der Waals surface area contributed by atoms with Crippen LogP contribution in [0.4, 0.5) is 29.5 Å². The van der Waals surface area contributed by atoms with Crippen molar-refractivity contribution in [1.82, 2.24) is 4.98 Å². The summed E-state index contributed by atoms with van der Waals surface area (Å²) < 4.78 is 44.9. The van der Waals surface area contributed by atoms with Crippen molar-refractivity contribution < 1.29 is 22.7 Å². The Labute approximate surface area is 177 Å². The van der Waals surface area contributed by atoms with Gasteiger partial charge in [-0.05, 0) is 42.8 Å². The maximum absolute atomic E-state index is 13.1. The topological polar surface area (TPSA) is 45.7 Å². The fourth-order valence-corrected chi connectivity index (χ4v) is 3.47. The van der Waals surface area contributed by atoms with Gasteiger partial charge in [0.1, 0.15) is 5.75 Å². The summed E-state index contributed by atoms with van der Waals surface area (Å²) in [6.45, 7) is 1.08. The molecule has 3 aromatic rings. The Morgan fingerprint density at radius 2 is 1.77 bits per heavy atom. The van der Waals surface area contributed by atoms with E-state index in [9.17, 15) is 18.0 Å². The molecule has 31 heavy (non-hydrogen) atoms. The van der Waals surface area contributed by atoms with Gasteiger partial charge in [-0.3, -0.25) is 4.90 Å². The Hall–Kier alpha value is -3.55. The van der Waals surface area contributed by atoms with Crippen LogP contribution in [0.2, 0.25) is 0 Å². The molecule has 1 aliphatic heterocycles. The summed E-state index contributed by atoms with van der Waals surface area (Å²) in [5.74, 6) is 0.761. The zero-order chi connectivity index (χ0) is 22.0. The minimum absolute atomic E-state index is 0.320. The number of hydrogen-bond acceptors (Lipinski definition) is 4. The first-order valence-corrected chi connectivity index (χ1v) is 9.77. The van der Waals surface area contributed by atoms with Gasteiger partial charge in [0.25, 0.3) is 0 Å². The number of amides is 1. The fraction of sp³-hybridized carbons (Fsp3) is 0.217. The van der Waals surface area contributed by atoms with Gasteiger partial charge < -0.3 is 9.64 Å². The molecular formula is C23H20F3N3O2. The molecule has 160 valence electrons. The Morgan fingerprint density at radius 3 is 2.52 bits per heavy atom. The number of nitrogens with zero attached hydrogens (tertiary/aromatic N) is 3. The molecule has 0 spiro atoms. The number of carbonyl (C=O) groups is 1. The van der Waals surface area contributed by atoms with Crippen LogP contribution in [0.25, 0.3) is 11.3 Å². The van der Waals surface area contributed by atoms with Crippen LogP contribution in [0.5, 0.6) is 5.75 Å². The lowest BCUT2D eigenvalue weighted by Crippen LogP contribution is -2.34. The van der Waals surface area contributed by atoms with Crippen molar-refractivity contribution in [3.8, 4) is 17.0 Å². The lowest BCUT2D eigenvalue weighted by Gasteiger charge is -2.23. The van der Waals surface area contributed by atoms with Gasteiger partial charge in [0.15, 0.2) is 5.82 Å². The predicted molar refractivity (Wildman–Crippen MR) is 112 cm³/mol. The van der Waals surface area contributed by atoms with E-state index in [2.05, 4.69) is 4.98 Å². The molecular weight excluding hydrogens is 407 g/mol. The molecule has 0 fully saturated rings. The first-order chi connectivity index (χ1) is 14.8. The number of pyridine rings is 1. The quantitative estimate of drug-likeness (QED) is 0.533. The number of halogens is 3. The van der Waals surface area contributed by atoms with Gasteiger partial charge in [0.05, 0.1) is 16.9 Å². The molecule has 0 unspecified atom stereocenters. The SMILES string of the molecule is CN1CCCN(C(=O)Oc2ccccc2)c2nc(-c3cccc(C(F)(F)F)c3)ccc21. The number of alkyl halides is 3. The minimum atomic E-state index is -4.45. The zero-order valence-corrected chi connectivity index (χ0v) is 16.8. The highest BCUT2D eigenvalue weighted by Crippen LogP contribution is 2.35. The molecule has 5 nitrogen and oxygen atoms in total. The number of rotatable bonds is 2. The Balaban J connectivity index is 1.73. The van der Waals surface area contributed by atoms with Gasteiger partial charge >= 0.3 is 12.3 Å². The summed E-state index contributed by atoms with van der Waals surface area (Å²) in [5, 5.41) is 0. The van der Waals surface area contributed by atoms with Crippen LogP contribution in [0.1, 0.15) is 12.0 Å². The van der Waals surface area contributed by atoms with Crippen LogP contribution >= 0.6 is 0 Å². The fourth-order valence-electron chi connectivity index (χ4n) is 3.47. The normalized spacial score (nSPS) is 14.1. The molecule has 8 heteroatoms. The summed E-state index contributed by atoms with van der Waals surface area (Å²) in [7, 11) is 1.89. The van der Waals surface area contributed by atoms with Gasteiger partial charge in [-0.1, -0.05) is 30.3 Å². The number of anilines is 2. The lowest BCUT2D eigenvalue weighted by atomic mass is 10.1. The molecule has 4 rings (SSSR count). The average Bonchev–Trinajstić information content (AvgIpc) is 2.92. The first-order valence-electron chi connectivity index (χ1n) is 9.77. The van der Waals surface area contributed by atoms with Crippen molar-refractivity contribution in [3.63, 3.8) is 0 Å². The average molecular weight is 427 g/mol. The summed E-state index contributed by atoms with van der Waals surface area (Å²) >= 11 is 0. The Kier molecular flexibility index (Phi) is 5.54. The van der Waals surface area contributed by atoms with Crippen LogP contribution in [0.3, 0.4) is 0 Å². The zero-order valence-electron chi connectivity index (χ0n) is 16.8.